The molecular weight excluding hydrogens is 304 g/mol. The highest BCUT2D eigenvalue weighted by molar-refractivity contribution is 6.04. The molecule has 24 heavy (non-hydrogen) atoms. The molecular formula is C20H20O4. The zero-order valence-corrected chi connectivity index (χ0v) is 13.4. The first-order chi connectivity index (χ1) is 11.6. The normalized spacial score (nSPS) is 11.3. The summed E-state index contributed by atoms with van der Waals surface area (Å²) in [5, 5.41) is 17.7. The molecule has 0 atom stereocenters. The van der Waals surface area contributed by atoms with E-state index in [0.29, 0.717) is 25.7 Å². The number of hydrogen-bond acceptors (Lipinski definition) is 2. The third kappa shape index (κ3) is 3.18. The van der Waals surface area contributed by atoms with Gasteiger partial charge in [0.15, 0.2) is 0 Å². The lowest BCUT2D eigenvalue weighted by Crippen LogP contribution is -2.08. The Morgan fingerprint density at radius 3 is 2.04 bits per heavy atom. The van der Waals surface area contributed by atoms with Gasteiger partial charge in [0, 0.05) is 12.8 Å². The number of carbonyl (C=O) groups is 2. The summed E-state index contributed by atoms with van der Waals surface area (Å²) in [5.74, 6) is -1.56. The van der Waals surface area contributed by atoms with Crippen molar-refractivity contribution in [2.75, 3.05) is 0 Å². The van der Waals surface area contributed by atoms with Crippen molar-refractivity contribution in [3.63, 3.8) is 0 Å². The van der Waals surface area contributed by atoms with Gasteiger partial charge in [-0.05, 0) is 59.1 Å². The van der Waals surface area contributed by atoms with Crippen LogP contribution in [0.15, 0.2) is 36.4 Å². The van der Waals surface area contributed by atoms with Crippen molar-refractivity contribution in [2.24, 2.45) is 0 Å². The lowest BCUT2D eigenvalue weighted by Gasteiger charge is -2.28. The van der Waals surface area contributed by atoms with Crippen LogP contribution in [0.3, 0.4) is 0 Å². The molecule has 4 nitrogen and oxygen atoms in total. The SMILES string of the molecule is O=C(O)CCCc1ccc2c(c1CCCC(=O)O)-c1ccccc1-2. The maximum absolute atomic E-state index is 10.8. The van der Waals surface area contributed by atoms with Crippen molar-refractivity contribution in [1.82, 2.24) is 0 Å². The van der Waals surface area contributed by atoms with Crippen LogP contribution in [-0.2, 0) is 22.4 Å². The monoisotopic (exact) mass is 324 g/mol. The Kier molecular flexibility index (Phi) is 4.65. The second-order valence-corrected chi connectivity index (χ2v) is 6.17. The van der Waals surface area contributed by atoms with Crippen molar-refractivity contribution in [1.29, 1.82) is 0 Å². The van der Waals surface area contributed by atoms with Crippen molar-refractivity contribution in [2.45, 2.75) is 38.5 Å². The van der Waals surface area contributed by atoms with Crippen LogP contribution in [0.25, 0.3) is 22.3 Å². The third-order valence-electron chi connectivity index (χ3n) is 4.55. The van der Waals surface area contributed by atoms with Crippen molar-refractivity contribution < 1.29 is 19.8 Å². The number of rotatable bonds is 8. The van der Waals surface area contributed by atoms with Crippen LogP contribution < -0.4 is 0 Å². The summed E-state index contributed by atoms with van der Waals surface area (Å²) in [6.07, 6.45) is 2.93. The smallest absolute Gasteiger partial charge is 0.303 e. The number of aryl methyl sites for hydroxylation is 1. The Morgan fingerprint density at radius 2 is 1.38 bits per heavy atom. The van der Waals surface area contributed by atoms with Gasteiger partial charge in [-0.3, -0.25) is 9.59 Å². The molecule has 0 spiro atoms. The van der Waals surface area contributed by atoms with Crippen LogP contribution in [0.2, 0.25) is 0 Å². The highest BCUT2D eigenvalue weighted by atomic mass is 16.4. The van der Waals surface area contributed by atoms with Gasteiger partial charge in [0.1, 0.15) is 0 Å². The van der Waals surface area contributed by atoms with Crippen LogP contribution in [0.4, 0.5) is 0 Å². The standard InChI is InChI=1S/C20H20O4/c21-18(22)9-3-5-13-11-12-17-15-6-1-2-7-16(15)20(17)14(13)8-4-10-19(23)24/h1-2,6-7,11-12H,3-5,8-10H2,(H,21,22)(H,23,24). The molecule has 1 aliphatic rings. The Morgan fingerprint density at radius 1 is 0.750 bits per heavy atom. The highest BCUT2D eigenvalue weighted by Crippen LogP contribution is 2.50. The molecule has 4 heteroatoms. The lowest BCUT2D eigenvalue weighted by atomic mass is 9.75. The molecule has 0 amide bonds. The molecule has 0 saturated heterocycles. The van der Waals surface area contributed by atoms with Crippen molar-refractivity contribution >= 4 is 11.9 Å². The first-order valence-corrected chi connectivity index (χ1v) is 8.26. The predicted octanol–water partition coefficient (Wildman–Crippen LogP) is 4.15. The molecule has 0 aliphatic heterocycles. The minimum atomic E-state index is -0.781. The zero-order chi connectivity index (χ0) is 17.1. The van der Waals surface area contributed by atoms with Crippen LogP contribution in [0.1, 0.15) is 36.8 Å². The third-order valence-corrected chi connectivity index (χ3v) is 4.55. The maximum atomic E-state index is 10.8. The number of benzene rings is 2. The molecule has 0 saturated carbocycles. The van der Waals surface area contributed by atoms with E-state index < -0.39 is 11.9 Å². The Hall–Kier alpha value is -2.62. The van der Waals surface area contributed by atoms with E-state index in [1.54, 1.807) is 0 Å². The Bertz CT molecular complexity index is 792. The van der Waals surface area contributed by atoms with E-state index in [-0.39, 0.29) is 12.8 Å². The van der Waals surface area contributed by atoms with Gasteiger partial charge in [-0.1, -0.05) is 36.4 Å². The molecule has 0 aromatic heterocycles. The number of carboxylic acid groups (broad SMARTS) is 2. The van der Waals surface area contributed by atoms with E-state index in [9.17, 15) is 9.59 Å². The fourth-order valence-corrected chi connectivity index (χ4v) is 3.46. The molecule has 2 aromatic carbocycles. The predicted molar refractivity (Wildman–Crippen MR) is 92.0 cm³/mol. The van der Waals surface area contributed by atoms with Crippen LogP contribution >= 0.6 is 0 Å². The number of aliphatic carboxylic acids is 2. The van der Waals surface area contributed by atoms with E-state index in [1.165, 1.54) is 27.8 Å². The van der Waals surface area contributed by atoms with Crippen LogP contribution in [0.5, 0.6) is 0 Å². The molecule has 124 valence electrons. The fraction of sp³-hybridized carbons (Fsp3) is 0.300. The van der Waals surface area contributed by atoms with Gasteiger partial charge in [-0.25, -0.2) is 0 Å². The summed E-state index contributed by atoms with van der Waals surface area (Å²) in [6.45, 7) is 0. The van der Waals surface area contributed by atoms with Gasteiger partial charge in [0.2, 0.25) is 0 Å². The minimum Gasteiger partial charge on any atom is -0.481 e. The van der Waals surface area contributed by atoms with Crippen LogP contribution in [0, 0.1) is 0 Å². The molecule has 0 bridgehead atoms. The quantitative estimate of drug-likeness (QED) is 0.653. The van der Waals surface area contributed by atoms with E-state index in [2.05, 4.69) is 24.3 Å². The zero-order valence-electron chi connectivity index (χ0n) is 13.4. The van der Waals surface area contributed by atoms with E-state index in [0.717, 1.165) is 5.56 Å². The molecule has 2 N–H and O–H groups in total. The second kappa shape index (κ2) is 6.87. The Labute approximate surface area is 140 Å². The Balaban J connectivity index is 1.87. The maximum Gasteiger partial charge on any atom is 0.303 e. The summed E-state index contributed by atoms with van der Waals surface area (Å²) >= 11 is 0. The van der Waals surface area contributed by atoms with Gasteiger partial charge < -0.3 is 10.2 Å². The first-order valence-electron chi connectivity index (χ1n) is 8.26. The van der Waals surface area contributed by atoms with E-state index in [1.807, 2.05) is 12.1 Å². The lowest BCUT2D eigenvalue weighted by molar-refractivity contribution is -0.138. The van der Waals surface area contributed by atoms with Gasteiger partial charge in [0.05, 0.1) is 0 Å². The summed E-state index contributed by atoms with van der Waals surface area (Å²) in [7, 11) is 0. The largest absolute Gasteiger partial charge is 0.481 e. The molecule has 1 aliphatic carbocycles. The fourth-order valence-electron chi connectivity index (χ4n) is 3.46. The molecule has 2 aromatic rings. The second-order valence-electron chi connectivity index (χ2n) is 6.17. The molecule has 0 fully saturated rings. The minimum absolute atomic E-state index is 0.153. The highest BCUT2D eigenvalue weighted by Gasteiger charge is 2.26. The van der Waals surface area contributed by atoms with Gasteiger partial charge >= 0.3 is 11.9 Å². The van der Waals surface area contributed by atoms with Gasteiger partial charge in [-0.2, -0.15) is 0 Å². The number of hydrogen-bond donors (Lipinski definition) is 2. The first kappa shape index (κ1) is 16.2. The molecule has 3 rings (SSSR count). The van der Waals surface area contributed by atoms with Gasteiger partial charge in [-0.15, -0.1) is 0 Å². The summed E-state index contributed by atoms with van der Waals surface area (Å²) < 4.78 is 0. The van der Waals surface area contributed by atoms with Crippen molar-refractivity contribution in [3.8, 4) is 22.3 Å². The molecule has 0 radical (unpaired) electrons. The topological polar surface area (TPSA) is 74.6 Å². The summed E-state index contributed by atoms with van der Waals surface area (Å²) in [4.78, 5) is 21.6. The summed E-state index contributed by atoms with van der Waals surface area (Å²) in [6, 6.07) is 12.4. The van der Waals surface area contributed by atoms with E-state index in [4.69, 9.17) is 10.2 Å². The van der Waals surface area contributed by atoms with Crippen molar-refractivity contribution in [3.05, 3.63) is 47.5 Å². The number of fused-ring (bicyclic) bond motifs is 4. The van der Waals surface area contributed by atoms with Gasteiger partial charge in [0.25, 0.3) is 0 Å². The average Bonchev–Trinajstić information content (AvgIpc) is 2.52. The molecule has 0 heterocycles. The number of carboxylic acids is 2. The summed E-state index contributed by atoms with van der Waals surface area (Å²) in [5.41, 5.74) is 7.25. The van der Waals surface area contributed by atoms with Crippen LogP contribution in [-0.4, -0.2) is 22.2 Å². The average molecular weight is 324 g/mol. The molecule has 0 unspecified atom stereocenters. The van der Waals surface area contributed by atoms with E-state index >= 15 is 0 Å².